The first kappa shape index (κ1) is 11.8. The van der Waals surface area contributed by atoms with E-state index in [4.69, 9.17) is 5.14 Å². The molecule has 1 aliphatic rings. The van der Waals surface area contributed by atoms with Crippen molar-refractivity contribution in [3.8, 4) is 0 Å². The van der Waals surface area contributed by atoms with Crippen molar-refractivity contribution in [2.24, 2.45) is 5.14 Å². The summed E-state index contributed by atoms with van der Waals surface area (Å²) in [5, 5.41) is 18.1. The monoisotopic (exact) mass is 263 g/mol. The molecular weight excluding hydrogens is 250 g/mol. The highest BCUT2D eigenvalue weighted by Crippen LogP contribution is 2.32. The van der Waals surface area contributed by atoms with E-state index in [1.807, 2.05) is 0 Å². The Morgan fingerprint density at radius 2 is 2.31 bits per heavy atom. The second-order valence-corrected chi connectivity index (χ2v) is 6.78. The fourth-order valence-electron chi connectivity index (χ4n) is 1.47. The van der Waals surface area contributed by atoms with Gasteiger partial charge in [0.2, 0.25) is 10.0 Å². The van der Waals surface area contributed by atoms with Crippen molar-refractivity contribution >= 4 is 26.5 Å². The topological polar surface area (TPSA) is 105 Å². The van der Waals surface area contributed by atoms with Crippen LogP contribution < -0.4 is 10.5 Å². The van der Waals surface area contributed by atoms with Crippen LogP contribution in [0.25, 0.3) is 0 Å². The van der Waals surface area contributed by atoms with Crippen molar-refractivity contribution in [2.75, 3.05) is 11.9 Å². The smallest absolute Gasteiger partial charge is 0.249 e. The second kappa shape index (κ2) is 3.95. The third-order valence-corrected chi connectivity index (χ3v) is 4.98. The molecule has 0 saturated heterocycles. The molecule has 0 spiro atoms. The summed E-state index contributed by atoms with van der Waals surface area (Å²) >= 11 is 0.969. The SMILES string of the molecule is NS(=O)(=O)c1cnc(NCC2(O)CCC2)s1. The number of nitrogens with two attached hydrogens (primary N) is 1. The lowest BCUT2D eigenvalue weighted by Gasteiger charge is -2.36. The summed E-state index contributed by atoms with van der Waals surface area (Å²) in [5.41, 5.74) is -0.659. The molecule has 0 aliphatic heterocycles. The van der Waals surface area contributed by atoms with Crippen LogP contribution in [0.4, 0.5) is 5.13 Å². The molecule has 1 fully saturated rings. The Balaban J connectivity index is 1.98. The third-order valence-electron chi connectivity index (χ3n) is 2.62. The zero-order valence-corrected chi connectivity index (χ0v) is 10.1. The Kier molecular flexibility index (Phi) is 2.91. The van der Waals surface area contributed by atoms with Gasteiger partial charge in [-0.25, -0.2) is 18.5 Å². The normalized spacial score (nSPS) is 19.1. The molecule has 1 saturated carbocycles. The lowest BCUT2D eigenvalue weighted by atomic mass is 9.80. The van der Waals surface area contributed by atoms with Gasteiger partial charge in [0.25, 0.3) is 0 Å². The Morgan fingerprint density at radius 1 is 1.62 bits per heavy atom. The molecule has 4 N–H and O–H groups in total. The van der Waals surface area contributed by atoms with Gasteiger partial charge < -0.3 is 10.4 Å². The second-order valence-electron chi connectivity index (χ2n) is 3.96. The summed E-state index contributed by atoms with van der Waals surface area (Å²) in [4.78, 5) is 3.88. The highest BCUT2D eigenvalue weighted by Gasteiger charge is 2.34. The number of rotatable bonds is 4. The van der Waals surface area contributed by atoms with Gasteiger partial charge in [0.05, 0.1) is 11.8 Å². The van der Waals surface area contributed by atoms with Gasteiger partial charge in [-0.15, -0.1) is 0 Å². The van der Waals surface area contributed by atoms with Crippen LogP contribution in [-0.2, 0) is 10.0 Å². The number of hydrogen-bond acceptors (Lipinski definition) is 6. The van der Waals surface area contributed by atoms with Crippen LogP contribution in [0.1, 0.15) is 19.3 Å². The Labute approximate surface area is 97.6 Å². The average Bonchev–Trinajstić information content (AvgIpc) is 2.59. The van der Waals surface area contributed by atoms with Crippen LogP contribution in [0.5, 0.6) is 0 Å². The van der Waals surface area contributed by atoms with Crippen LogP contribution in [0, 0.1) is 0 Å². The highest BCUT2D eigenvalue weighted by molar-refractivity contribution is 7.91. The minimum Gasteiger partial charge on any atom is -0.388 e. The molecule has 0 aromatic carbocycles. The summed E-state index contributed by atoms with van der Waals surface area (Å²) in [6.45, 7) is 0.393. The summed E-state index contributed by atoms with van der Waals surface area (Å²) in [6.07, 6.45) is 3.78. The molecule has 0 radical (unpaired) electrons. The molecule has 6 nitrogen and oxygen atoms in total. The molecule has 90 valence electrons. The number of anilines is 1. The fourth-order valence-corrected chi connectivity index (χ4v) is 2.92. The van der Waals surface area contributed by atoms with Crippen molar-refractivity contribution in [3.05, 3.63) is 6.20 Å². The first-order valence-electron chi connectivity index (χ1n) is 4.84. The summed E-state index contributed by atoms with van der Waals surface area (Å²) < 4.78 is 22.0. The molecule has 8 heteroatoms. The number of sulfonamides is 1. The van der Waals surface area contributed by atoms with E-state index < -0.39 is 15.6 Å². The third kappa shape index (κ3) is 2.51. The molecular formula is C8H13N3O3S2. The lowest BCUT2D eigenvalue weighted by molar-refractivity contribution is -0.0202. The average molecular weight is 263 g/mol. The van der Waals surface area contributed by atoms with Gasteiger partial charge in [-0.3, -0.25) is 0 Å². The quantitative estimate of drug-likeness (QED) is 0.715. The molecule has 1 aliphatic carbocycles. The van der Waals surface area contributed by atoms with Crippen LogP contribution in [0.2, 0.25) is 0 Å². The maximum Gasteiger partial charge on any atom is 0.249 e. The van der Waals surface area contributed by atoms with E-state index in [1.54, 1.807) is 0 Å². The van der Waals surface area contributed by atoms with Gasteiger partial charge in [-0.05, 0) is 19.3 Å². The molecule has 1 heterocycles. The van der Waals surface area contributed by atoms with E-state index in [1.165, 1.54) is 6.20 Å². The van der Waals surface area contributed by atoms with Crippen molar-refractivity contribution in [1.82, 2.24) is 4.98 Å². The van der Waals surface area contributed by atoms with Crippen LogP contribution >= 0.6 is 11.3 Å². The molecule has 0 amide bonds. The number of nitrogens with one attached hydrogen (secondary N) is 1. The van der Waals surface area contributed by atoms with Crippen LogP contribution in [0.3, 0.4) is 0 Å². The van der Waals surface area contributed by atoms with E-state index in [9.17, 15) is 13.5 Å². The Hall–Kier alpha value is -0.700. The van der Waals surface area contributed by atoms with Gasteiger partial charge in [0.1, 0.15) is 0 Å². The summed E-state index contributed by atoms with van der Waals surface area (Å²) in [5.74, 6) is 0. The van der Waals surface area contributed by atoms with Gasteiger partial charge >= 0.3 is 0 Å². The first-order valence-corrected chi connectivity index (χ1v) is 7.20. The maximum absolute atomic E-state index is 11.0. The van der Waals surface area contributed by atoms with Gasteiger partial charge in [0, 0.05) is 6.54 Å². The number of thiazole rings is 1. The van der Waals surface area contributed by atoms with E-state index in [2.05, 4.69) is 10.3 Å². The van der Waals surface area contributed by atoms with Gasteiger partial charge in [0.15, 0.2) is 9.34 Å². The van der Waals surface area contributed by atoms with Crippen molar-refractivity contribution in [2.45, 2.75) is 29.1 Å². The number of aliphatic hydroxyl groups is 1. The van der Waals surface area contributed by atoms with Gasteiger partial charge in [-0.1, -0.05) is 11.3 Å². The fraction of sp³-hybridized carbons (Fsp3) is 0.625. The highest BCUT2D eigenvalue weighted by atomic mass is 32.2. The molecule has 1 aromatic rings. The van der Waals surface area contributed by atoms with E-state index in [0.717, 1.165) is 30.6 Å². The van der Waals surface area contributed by atoms with E-state index in [-0.39, 0.29) is 4.21 Å². The molecule has 0 bridgehead atoms. The maximum atomic E-state index is 11.0. The summed E-state index contributed by atoms with van der Waals surface area (Å²) in [7, 11) is -3.67. The minimum absolute atomic E-state index is 0.0237. The number of primary sulfonamides is 1. The zero-order chi connectivity index (χ0) is 11.8. The van der Waals surface area contributed by atoms with Crippen LogP contribution in [0.15, 0.2) is 10.4 Å². The van der Waals surface area contributed by atoms with Crippen molar-refractivity contribution in [1.29, 1.82) is 0 Å². The van der Waals surface area contributed by atoms with Crippen LogP contribution in [-0.4, -0.2) is 30.7 Å². The van der Waals surface area contributed by atoms with E-state index >= 15 is 0 Å². The predicted molar refractivity (Wildman–Crippen MR) is 60.8 cm³/mol. The number of hydrogen-bond donors (Lipinski definition) is 3. The van der Waals surface area contributed by atoms with Crippen molar-refractivity contribution in [3.63, 3.8) is 0 Å². The zero-order valence-electron chi connectivity index (χ0n) is 8.51. The predicted octanol–water partition coefficient (Wildman–Crippen LogP) is 0.117. The number of aromatic nitrogens is 1. The van der Waals surface area contributed by atoms with Gasteiger partial charge in [-0.2, -0.15) is 0 Å². The largest absolute Gasteiger partial charge is 0.388 e. The Morgan fingerprint density at radius 3 is 2.75 bits per heavy atom. The standard InChI is InChI=1S/C8H13N3O3S2/c9-16(13,14)6-4-10-7(15-6)11-5-8(12)2-1-3-8/h4,12H,1-3,5H2,(H,10,11)(H2,9,13,14). The Bertz CT molecular complexity index is 478. The molecule has 0 unspecified atom stereocenters. The molecule has 0 atom stereocenters. The number of nitrogens with zero attached hydrogens (tertiary/aromatic N) is 1. The minimum atomic E-state index is -3.67. The molecule has 1 aromatic heterocycles. The molecule has 2 rings (SSSR count). The van der Waals surface area contributed by atoms with Crippen molar-refractivity contribution < 1.29 is 13.5 Å². The lowest BCUT2D eigenvalue weighted by Crippen LogP contribution is -2.43. The summed E-state index contributed by atoms with van der Waals surface area (Å²) in [6, 6.07) is 0. The first-order chi connectivity index (χ1) is 7.39. The van der Waals surface area contributed by atoms with E-state index in [0.29, 0.717) is 11.7 Å². The molecule has 16 heavy (non-hydrogen) atoms.